The lowest BCUT2D eigenvalue weighted by molar-refractivity contribution is 0.304. The number of rotatable bonds is 6. The van der Waals surface area contributed by atoms with Crippen molar-refractivity contribution in [1.82, 2.24) is 9.66 Å². The fraction of sp³-hybridized carbons (Fsp3) is 0.250. The summed E-state index contributed by atoms with van der Waals surface area (Å²) >= 11 is 9.93. The highest BCUT2D eigenvalue weighted by molar-refractivity contribution is 9.10. The summed E-state index contributed by atoms with van der Waals surface area (Å²) < 4.78 is 8.33. The Morgan fingerprint density at radius 1 is 1.06 bits per heavy atom. The molecule has 1 aliphatic rings. The first-order valence-electron chi connectivity index (χ1n) is 11.8. The SMILES string of the molecule is O=c1c2ccccc2nc(C2CCCCC2)n1N=Cc1cc(Cl)cc(Br)c1OCc1ccccc1. The van der Waals surface area contributed by atoms with E-state index in [1.165, 1.54) is 11.1 Å². The Hall–Kier alpha value is -2.96. The highest BCUT2D eigenvalue weighted by atomic mass is 79.9. The minimum atomic E-state index is -0.166. The molecular weight excluding hydrogens is 526 g/mol. The van der Waals surface area contributed by atoms with Crippen LogP contribution in [0.15, 0.2) is 81.1 Å². The quantitative estimate of drug-likeness (QED) is 0.236. The van der Waals surface area contributed by atoms with E-state index in [1.807, 2.05) is 48.5 Å². The molecule has 7 heteroatoms. The van der Waals surface area contributed by atoms with Crippen molar-refractivity contribution < 1.29 is 4.74 Å². The third-order valence-electron chi connectivity index (χ3n) is 6.32. The van der Waals surface area contributed by atoms with Crippen molar-refractivity contribution in [3.05, 3.63) is 104 Å². The second-order valence-electron chi connectivity index (χ2n) is 8.76. The monoisotopic (exact) mass is 549 g/mol. The zero-order valence-corrected chi connectivity index (χ0v) is 21.5. The highest BCUT2D eigenvalue weighted by Crippen LogP contribution is 2.34. The largest absolute Gasteiger partial charge is 0.487 e. The van der Waals surface area contributed by atoms with Gasteiger partial charge in [0.2, 0.25) is 0 Å². The number of nitrogens with zero attached hydrogens (tertiary/aromatic N) is 3. The summed E-state index contributed by atoms with van der Waals surface area (Å²) in [5.41, 5.74) is 2.27. The Balaban J connectivity index is 1.56. The fourth-order valence-electron chi connectivity index (χ4n) is 4.56. The third kappa shape index (κ3) is 5.34. The van der Waals surface area contributed by atoms with E-state index in [0.29, 0.717) is 33.8 Å². The molecule has 178 valence electrons. The van der Waals surface area contributed by atoms with Crippen LogP contribution in [0.2, 0.25) is 5.02 Å². The molecule has 5 nitrogen and oxygen atoms in total. The van der Waals surface area contributed by atoms with Crippen molar-refractivity contribution in [2.24, 2.45) is 5.10 Å². The zero-order valence-electron chi connectivity index (χ0n) is 19.2. The predicted molar refractivity (Wildman–Crippen MR) is 145 cm³/mol. The number of fused-ring (bicyclic) bond motifs is 1. The van der Waals surface area contributed by atoms with Crippen LogP contribution in [0.1, 0.15) is 55.0 Å². The topological polar surface area (TPSA) is 56.5 Å². The number of benzene rings is 3. The van der Waals surface area contributed by atoms with Crippen molar-refractivity contribution in [3.63, 3.8) is 0 Å². The van der Waals surface area contributed by atoms with Crippen LogP contribution in [0.4, 0.5) is 0 Å². The molecule has 1 aliphatic carbocycles. The van der Waals surface area contributed by atoms with Crippen LogP contribution in [0.25, 0.3) is 10.9 Å². The molecule has 1 saturated carbocycles. The van der Waals surface area contributed by atoms with E-state index in [2.05, 4.69) is 21.0 Å². The van der Waals surface area contributed by atoms with E-state index in [9.17, 15) is 4.79 Å². The number of hydrogen-bond acceptors (Lipinski definition) is 4. The number of ether oxygens (including phenoxy) is 1. The number of aromatic nitrogens is 2. The minimum absolute atomic E-state index is 0.166. The van der Waals surface area contributed by atoms with E-state index in [1.54, 1.807) is 24.4 Å². The normalized spacial score (nSPS) is 14.6. The smallest absolute Gasteiger partial charge is 0.282 e. The molecule has 35 heavy (non-hydrogen) atoms. The second kappa shape index (κ2) is 10.8. The Bertz CT molecular complexity index is 1430. The molecule has 0 spiro atoms. The molecule has 0 N–H and O–H groups in total. The maximum absolute atomic E-state index is 13.5. The van der Waals surface area contributed by atoms with Gasteiger partial charge in [0.15, 0.2) is 0 Å². The summed E-state index contributed by atoms with van der Waals surface area (Å²) in [6.07, 6.45) is 7.14. The van der Waals surface area contributed by atoms with Gasteiger partial charge >= 0.3 is 0 Å². The average Bonchev–Trinajstić information content (AvgIpc) is 2.88. The molecule has 3 aromatic carbocycles. The molecule has 1 heterocycles. The molecule has 0 saturated heterocycles. The zero-order chi connectivity index (χ0) is 24.2. The predicted octanol–water partition coefficient (Wildman–Crippen LogP) is 7.32. The van der Waals surface area contributed by atoms with Crippen LogP contribution < -0.4 is 10.3 Å². The van der Waals surface area contributed by atoms with Gasteiger partial charge in [-0.15, -0.1) is 0 Å². The summed E-state index contributed by atoms with van der Waals surface area (Å²) in [5.74, 6) is 1.54. The second-order valence-corrected chi connectivity index (χ2v) is 10.1. The van der Waals surface area contributed by atoms with Gasteiger partial charge in [-0.1, -0.05) is 73.3 Å². The molecule has 0 unspecified atom stereocenters. The van der Waals surface area contributed by atoms with E-state index >= 15 is 0 Å². The van der Waals surface area contributed by atoms with Crippen LogP contribution in [0.5, 0.6) is 5.75 Å². The van der Waals surface area contributed by atoms with Gasteiger partial charge in [-0.3, -0.25) is 4.79 Å². The molecule has 1 fully saturated rings. The van der Waals surface area contributed by atoms with Gasteiger partial charge < -0.3 is 4.74 Å². The maximum atomic E-state index is 13.5. The minimum Gasteiger partial charge on any atom is -0.487 e. The standard InChI is InChI=1S/C28H25BrClN3O2/c29-24-16-22(30)15-21(26(24)35-18-19-9-3-1-4-10-19)17-31-33-27(20-11-5-2-6-12-20)32-25-14-8-7-13-23(25)28(33)34/h1,3-4,7-10,13-17,20H,2,5-6,11-12,18H2. The number of hydrogen-bond donors (Lipinski definition) is 0. The molecule has 0 atom stereocenters. The summed E-state index contributed by atoms with van der Waals surface area (Å²) in [5, 5.41) is 5.75. The van der Waals surface area contributed by atoms with Crippen molar-refractivity contribution in [3.8, 4) is 5.75 Å². The van der Waals surface area contributed by atoms with E-state index in [0.717, 1.165) is 41.5 Å². The molecule has 1 aromatic heterocycles. The molecule has 5 rings (SSSR count). The van der Waals surface area contributed by atoms with Crippen LogP contribution in [-0.4, -0.2) is 15.9 Å². The molecule has 0 bridgehead atoms. The fourth-order valence-corrected chi connectivity index (χ4v) is 5.50. The van der Waals surface area contributed by atoms with Crippen molar-refractivity contribution in [2.75, 3.05) is 0 Å². The summed E-state index contributed by atoms with van der Waals surface area (Å²) in [6, 6.07) is 21.0. The molecule has 0 amide bonds. The van der Waals surface area contributed by atoms with Crippen molar-refractivity contribution in [2.45, 2.75) is 44.6 Å². The molecule has 0 radical (unpaired) electrons. The number of para-hydroxylation sites is 1. The van der Waals surface area contributed by atoms with Gasteiger partial charge in [0.25, 0.3) is 5.56 Å². The van der Waals surface area contributed by atoms with Crippen LogP contribution in [0, 0.1) is 0 Å². The van der Waals surface area contributed by atoms with E-state index in [4.69, 9.17) is 21.3 Å². The Morgan fingerprint density at radius 2 is 1.80 bits per heavy atom. The maximum Gasteiger partial charge on any atom is 0.282 e. The molecule has 0 aliphatic heterocycles. The summed E-state index contributed by atoms with van der Waals surface area (Å²) in [6.45, 7) is 0.396. The summed E-state index contributed by atoms with van der Waals surface area (Å²) in [7, 11) is 0. The Labute approximate surface area is 217 Å². The molecular formula is C28H25BrClN3O2. The Morgan fingerprint density at radius 3 is 2.60 bits per heavy atom. The molecule has 4 aromatic rings. The van der Waals surface area contributed by atoms with Gasteiger partial charge in [0.1, 0.15) is 18.2 Å². The van der Waals surface area contributed by atoms with Crippen LogP contribution >= 0.6 is 27.5 Å². The average molecular weight is 551 g/mol. The van der Waals surface area contributed by atoms with Gasteiger partial charge in [0.05, 0.1) is 21.6 Å². The van der Waals surface area contributed by atoms with Crippen molar-refractivity contribution in [1.29, 1.82) is 0 Å². The van der Waals surface area contributed by atoms with Crippen molar-refractivity contribution >= 4 is 44.6 Å². The van der Waals surface area contributed by atoms with Gasteiger partial charge in [-0.05, 0) is 58.6 Å². The van der Waals surface area contributed by atoms with Gasteiger partial charge in [0, 0.05) is 16.5 Å². The highest BCUT2D eigenvalue weighted by Gasteiger charge is 2.22. The Kier molecular flexibility index (Phi) is 7.30. The van der Waals surface area contributed by atoms with E-state index in [-0.39, 0.29) is 11.5 Å². The van der Waals surface area contributed by atoms with Crippen LogP contribution in [0.3, 0.4) is 0 Å². The number of halogens is 2. The lowest BCUT2D eigenvalue weighted by Gasteiger charge is -2.22. The van der Waals surface area contributed by atoms with Gasteiger partial charge in [-0.25, -0.2) is 4.98 Å². The first-order chi connectivity index (χ1) is 17.1. The van der Waals surface area contributed by atoms with E-state index < -0.39 is 0 Å². The first kappa shape index (κ1) is 23.8. The lowest BCUT2D eigenvalue weighted by Crippen LogP contribution is -2.25. The van der Waals surface area contributed by atoms with Crippen LogP contribution in [-0.2, 0) is 6.61 Å². The third-order valence-corrected chi connectivity index (χ3v) is 7.13. The van der Waals surface area contributed by atoms with Gasteiger partial charge in [-0.2, -0.15) is 9.78 Å². The lowest BCUT2D eigenvalue weighted by atomic mass is 9.88. The first-order valence-corrected chi connectivity index (χ1v) is 13.0. The summed E-state index contributed by atoms with van der Waals surface area (Å²) in [4.78, 5) is 18.4.